The summed E-state index contributed by atoms with van der Waals surface area (Å²) in [6, 6.07) is 5.07. The molecule has 1 aromatic heterocycles. The molecule has 0 saturated carbocycles. The molecule has 6 heteroatoms. The standard InChI is InChI=1S/C10H13N3O2S/c1-3-10(6-11)16(14,15)13-9-5-4-8(2)12-7-9/h4-5,7,10,13H,3H2,1-2H3. The molecule has 1 atom stereocenters. The summed E-state index contributed by atoms with van der Waals surface area (Å²) < 4.78 is 25.7. The summed E-state index contributed by atoms with van der Waals surface area (Å²) in [6.45, 7) is 3.46. The highest BCUT2D eigenvalue weighted by Gasteiger charge is 2.23. The Balaban J connectivity index is 2.89. The highest BCUT2D eigenvalue weighted by Crippen LogP contribution is 2.12. The van der Waals surface area contributed by atoms with Crippen molar-refractivity contribution in [2.75, 3.05) is 4.72 Å². The van der Waals surface area contributed by atoms with Crippen LogP contribution in [0.4, 0.5) is 5.69 Å². The molecular weight excluding hydrogens is 226 g/mol. The predicted molar refractivity (Wildman–Crippen MR) is 61.2 cm³/mol. The van der Waals surface area contributed by atoms with Gasteiger partial charge >= 0.3 is 0 Å². The second-order valence-electron chi connectivity index (χ2n) is 3.36. The number of nitrogens with one attached hydrogen (secondary N) is 1. The zero-order valence-electron chi connectivity index (χ0n) is 9.14. The molecule has 0 aliphatic carbocycles. The van der Waals surface area contributed by atoms with Gasteiger partial charge in [-0.25, -0.2) is 8.42 Å². The Kier molecular flexibility index (Phi) is 3.85. The average Bonchev–Trinajstić information content (AvgIpc) is 2.22. The van der Waals surface area contributed by atoms with Crippen LogP contribution in [0.25, 0.3) is 0 Å². The minimum Gasteiger partial charge on any atom is -0.281 e. The number of nitrogens with zero attached hydrogens (tertiary/aromatic N) is 2. The molecule has 1 heterocycles. The minimum atomic E-state index is -3.64. The van der Waals surface area contributed by atoms with Gasteiger partial charge in [-0.05, 0) is 25.5 Å². The number of sulfonamides is 1. The zero-order chi connectivity index (χ0) is 12.2. The summed E-state index contributed by atoms with van der Waals surface area (Å²) >= 11 is 0. The quantitative estimate of drug-likeness (QED) is 0.861. The predicted octanol–water partition coefficient (Wildman–Crippen LogP) is 1.43. The first-order valence-electron chi connectivity index (χ1n) is 4.83. The first-order chi connectivity index (χ1) is 7.49. The van der Waals surface area contributed by atoms with E-state index in [1.165, 1.54) is 6.20 Å². The van der Waals surface area contributed by atoms with Gasteiger partial charge in [0.25, 0.3) is 0 Å². The fourth-order valence-corrected chi connectivity index (χ4v) is 2.31. The van der Waals surface area contributed by atoms with Crippen LogP contribution in [0, 0.1) is 18.3 Å². The number of hydrogen-bond acceptors (Lipinski definition) is 4. The highest BCUT2D eigenvalue weighted by molar-refractivity contribution is 7.93. The van der Waals surface area contributed by atoms with Gasteiger partial charge in [0.15, 0.2) is 5.25 Å². The molecule has 0 fully saturated rings. The van der Waals surface area contributed by atoms with Gasteiger partial charge < -0.3 is 0 Å². The molecule has 0 aromatic carbocycles. The first-order valence-corrected chi connectivity index (χ1v) is 6.38. The smallest absolute Gasteiger partial charge is 0.249 e. The summed E-state index contributed by atoms with van der Waals surface area (Å²) in [5.41, 5.74) is 1.18. The summed E-state index contributed by atoms with van der Waals surface area (Å²) in [5, 5.41) is 7.67. The normalized spacial score (nSPS) is 12.8. The van der Waals surface area contributed by atoms with Crippen LogP contribution in [0.2, 0.25) is 0 Å². The number of anilines is 1. The first kappa shape index (κ1) is 12.5. The number of rotatable bonds is 4. The van der Waals surface area contributed by atoms with Crippen LogP contribution in [-0.4, -0.2) is 18.7 Å². The minimum absolute atomic E-state index is 0.255. The molecule has 0 saturated heterocycles. The summed E-state index contributed by atoms with van der Waals surface area (Å²) in [4.78, 5) is 3.96. The number of aryl methyl sites for hydroxylation is 1. The lowest BCUT2D eigenvalue weighted by Crippen LogP contribution is -2.25. The van der Waals surface area contributed by atoms with Crippen LogP contribution in [0.15, 0.2) is 18.3 Å². The van der Waals surface area contributed by atoms with Crippen LogP contribution >= 0.6 is 0 Å². The van der Waals surface area contributed by atoms with E-state index >= 15 is 0 Å². The van der Waals surface area contributed by atoms with Gasteiger partial charge in [0.2, 0.25) is 10.0 Å². The Morgan fingerprint density at radius 3 is 2.69 bits per heavy atom. The molecule has 86 valence electrons. The van der Waals surface area contributed by atoms with Crippen LogP contribution in [-0.2, 0) is 10.0 Å². The van der Waals surface area contributed by atoms with Crippen molar-refractivity contribution in [3.8, 4) is 6.07 Å². The van der Waals surface area contributed by atoms with Crippen molar-refractivity contribution in [2.45, 2.75) is 25.5 Å². The van der Waals surface area contributed by atoms with Crippen LogP contribution in [0.5, 0.6) is 0 Å². The topological polar surface area (TPSA) is 82.8 Å². The molecule has 5 nitrogen and oxygen atoms in total. The van der Waals surface area contributed by atoms with Gasteiger partial charge in [-0.3, -0.25) is 9.71 Å². The van der Waals surface area contributed by atoms with E-state index in [9.17, 15) is 8.42 Å². The zero-order valence-corrected chi connectivity index (χ0v) is 9.95. The van der Waals surface area contributed by atoms with E-state index in [4.69, 9.17) is 5.26 Å². The maximum Gasteiger partial charge on any atom is 0.249 e. The van der Waals surface area contributed by atoms with E-state index in [2.05, 4.69) is 9.71 Å². The Labute approximate surface area is 95.2 Å². The second-order valence-corrected chi connectivity index (χ2v) is 5.22. The van der Waals surface area contributed by atoms with E-state index in [0.29, 0.717) is 5.69 Å². The van der Waals surface area contributed by atoms with Gasteiger partial charge in [-0.1, -0.05) is 6.92 Å². The maximum atomic E-state index is 11.7. The molecule has 1 unspecified atom stereocenters. The van der Waals surface area contributed by atoms with Crippen molar-refractivity contribution in [1.29, 1.82) is 5.26 Å². The van der Waals surface area contributed by atoms with E-state index in [1.54, 1.807) is 25.1 Å². The van der Waals surface area contributed by atoms with Gasteiger partial charge in [0, 0.05) is 5.69 Å². The maximum absolute atomic E-state index is 11.7. The Bertz CT molecular complexity index is 488. The average molecular weight is 239 g/mol. The molecule has 0 bridgehead atoms. The third-order valence-corrected chi connectivity index (χ3v) is 3.77. The van der Waals surface area contributed by atoms with E-state index in [0.717, 1.165) is 5.69 Å². The van der Waals surface area contributed by atoms with E-state index < -0.39 is 15.3 Å². The number of pyridine rings is 1. The van der Waals surface area contributed by atoms with Gasteiger partial charge in [0.05, 0.1) is 18.0 Å². The molecule has 0 spiro atoms. The van der Waals surface area contributed by atoms with E-state index in [1.807, 2.05) is 6.92 Å². The second kappa shape index (κ2) is 4.94. The molecule has 0 amide bonds. The molecular formula is C10H13N3O2S. The largest absolute Gasteiger partial charge is 0.281 e. The highest BCUT2D eigenvalue weighted by atomic mass is 32.2. The van der Waals surface area contributed by atoms with Gasteiger partial charge in [-0.2, -0.15) is 5.26 Å². The van der Waals surface area contributed by atoms with Crippen molar-refractivity contribution < 1.29 is 8.42 Å². The van der Waals surface area contributed by atoms with Crippen molar-refractivity contribution >= 4 is 15.7 Å². The lowest BCUT2D eigenvalue weighted by atomic mass is 10.4. The fourth-order valence-electron chi connectivity index (χ4n) is 1.14. The number of aromatic nitrogens is 1. The fraction of sp³-hybridized carbons (Fsp3) is 0.400. The molecule has 0 aliphatic heterocycles. The SMILES string of the molecule is CCC(C#N)S(=O)(=O)Nc1ccc(C)nc1. The van der Waals surface area contributed by atoms with Gasteiger partial charge in [0.1, 0.15) is 0 Å². The molecule has 1 aromatic rings. The van der Waals surface area contributed by atoms with Crippen LogP contribution in [0.3, 0.4) is 0 Å². The number of hydrogen-bond donors (Lipinski definition) is 1. The van der Waals surface area contributed by atoms with Crippen LogP contribution < -0.4 is 4.72 Å². The molecule has 0 radical (unpaired) electrons. The molecule has 0 aliphatic rings. The molecule has 16 heavy (non-hydrogen) atoms. The number of nitriles is 1. The van der Waals surface area contributed by atoms with Crippen LogP contribution in [0.1, 0.15) is 19.0 Å². The Morgan fingerprint density at radius 2 is 2.25 bits per heavy atom. The van der Waals surface area contributed by atoms with Crippen molar-refractivity contribution in [1.82, 2.24) is 4.98 Å². The third-order valence-electron chi connectivity index (χ3n) is 2.06. The lowest BCUT2D eigenvalue weighted by Gasteiger charge is -2.10. The molecule has 1 rings (SSSR count). The van der Waals surface area contributed by atoms with Gasteiger partial charge in [-0.15, -0.1) is 0 Å². The monoisotopic (exact) mass is 239 g/mol. The van der Waals surface area contributed by atoms with Crippen molar-refractivity contribution in [2.24, 2.45) is 0 Å². The van der Waals surface area contributed by atoms with Crippen molar-refractivity contribution in [3.05, 3.63) is 24.0 Å². The molecule has 1 N–H and O–H groups in total. The lowest BCUT2D eigenvalue weighted by molar-refractivity contribution is 0.593. The summed E-state index contributed by atoms with van der Waals surface area (Å²) in [6.07, 6.45) is 1.68. The van der Waals surface area contributed by atoms with Crippen molar-refractivity contribution in [3.63, 3.8) is 0 Å². The third kappa shape index (κ3) is 2.94. The Hall–Kier alpha value is -1.61. The summed E-state index contributed by atoms with van der Waals surface area (Å²) in [5.74, 6) is 0. The Morgan fingerprint density at radius 1 is 1.56 bits per heavy atom. The summed E-state index contributed by atoms with van der Waals surface area (Å²) in [7, 11) is -3.64. The van der Waals surface area contributed by atoms with E-state index in [-0.39, 0.29) is 6.42 Å².